The zero-order valence-electron chi connectivity index (χ0n) is 18.4. The van der Waals surface area contributed by atoms with Crippen molar-refractivity contribution in [1.82, 2.24) is 19.4 Å². The summed E-state index contributed by atoms with van der Waals surface area (Å²) in [7, 11) is -3.44. The molecule has 0 saturated carbocycles. The van der Waals surface area contributed by atoms with Crippen molar-refractivity contribution < 1.29 is 13.2 Å². The van der Waals surface area contributed by atoms with E-state index >= 15 is 0 Å². The number of benzene rings is 2. The lowest BCUT2D eigenvalue weighted by molar-refractivity contribution is 0.0951. The van der Waals surface area contributed by atoms with E-state index in [9.17, 15) is 13.2 Å². The lowest BCUT2D eigenvalue weighted by Gasteiger charge is -2.25. The highest BCUT2D eigenvalue weighted by atomic mass is 32.2. The molecule has 1 aliphatic rings. The quantitative estimate of drug-likeness (QED) is 0.619. The fraction of sp³-hybridized carbons (Fsp3) is 0.333. The van der Waals surface area contributed by atoms with Crippen LogP contribution in [0.3, 0.4) is 0 Å². The number of sulfonamides is 1. The number of carbonyl (C=O) groups is 1. The van der Waals surface area contributed by atoms with E-state index in [0.717, 1.165) is 41.9 Å². The highest BCUT2D eigenvalue weighted by Gasteiger charge is 2.25. The van der Waals surface area contributed by atoms with Gasteiger partial charge >= 0.3 is 0 Å². The summed E-state index contributed by atoms with van der Waals surface area (Å²) in [5.74, 6) is -0.185. The Morgan fingerprint density at radius 3 is 2.22 bits per heavy atom. The Bertz CT molecular complexity index is 1190. The summed E-state index contributed by atoms with van der Waals surface area (Å²) >= 11 is 0. The number of aromatic nitrogens is 2. The van der Waals surface area contributed by atoms with E-state index in [4.69, 9.17) is 0 Å². The first-order valence-corrected chi connectivity index (χ1v) is 12.3. The van der Waals surface area contributed by atoms with Crippen molar-refractivity contribution in [3.8, 4) is 5.69 Å². The molecule has 0 unspecified atom stereocenters. The van der Waals surface area contributed by atoms with Crippen LogP contribution in [0.25, 0.3) is 5.69 Å². The molecule has 0 aliphatic carbocycles. The van der Waals surface area contributed by atoms with E-state index in [2.05, 4.69) is 10.4 Å². The summed E-state index contributed by atoms with van der Waals surface area (Å²) in [6, 6.07) is 16.0. The van der Waals surface area contributed by atoms with Crippen LogP contribution in [-0.4, -0.2) is 41.5 Å². The van der Waals surface area contributed by atoms with E-state index in [1.54, 1.807) is 40.7 Å². The SMILES string of the molecule is Cc1cc(C)n(-c2ccc(C(=O)NCc3ccc(S(=O)(=O)N4CCCCC4)cc3)cc2)n1. The second-order valence-corrected chi connectivity index (χ2v) is 10.1. The van der Waals surface area contributed by atoms with Crippen molar-refractivity contribution in [1.29, 1.82) is 0 Å². The average Bonchev–Trinajstić information content (AvgIpc) is 3.16. The Hall–Kier alpha value is -2.97. The number of hydrogen-bond acceptors (Lipinski definition) is 4. The first-order chi connectivity index (χ1) is 15.3. The molecule has 8 heteroatoms. The molecule has 4 rings (SSSR count). The van der Waals surface area contributed by atoms with Crippen molar-refractivity contribution >= 4 is 15.9 Å². The highest BCUT2D eigenvalue weighted by Crippen LogP contribution is 2.21. The number of amides is 1. The molecule has 168 valence electrons. The van der Waals surface area contributed by atoms with Gasteiger partial charge < -0.3 is 5.32 Å². The molecule has 2 aromatic carbocycles. The van der Waals surface area contributed by atoms with Gasteiger partial charge in [0, 0.05) is 30.9 Å². The topological polar surface area (TPSA) is 84.3 Å². The molecule has 0 radical (unpaired) electrons. The van der Waals surface area contributed by atoms with Crippen LogP contribution in [0.15, 0.2) is 59.5 Å². The minimum Gasteiger partial charge on any atom is -0.348 e. The molecule has 2 heterocycles. The molecular weight excluding hydrogens is 424 g/mol. The van der Waals surface area contributed by atoms with Crippen LogP contribution in [0.2, 0.25) is 0 Å². The molecule has 1 fully saturated rings. The monoisotopic (exact) mass is 452 g/mol. The fourth-order valence-electron chi connectivity index (χ4n) is 3.96. The van der Waals surface area contributed by atoms with E-state index in [-0.39, 0.29) is 5.91 Å². The molecule has 1 aliphatic heterocycles. The summed E-state index contributed by atoms with van der Waals surface area (Å²) in [6.45, 7) is 5.42. The zero-order valence-corrected chi connectivity index (χ0v) is 19.2. The van der Waals surface area contributed by atoms with Gasteiger partial charge in [0.1, 0.15) is 0 Å². The molecule has 0 atom stereocenters. The summed E-state index contributed by atoms with van der Waals surface area (Å²) in [5, 5.41) is 7.35. The van der Waals surface area contributed by atoms with Gasteiger partial charge in [-0.1, -0.05) is 18.6 Å². The van der Waals surface area contributed by atoms with Crippen LogP contribution in [0.1, 0.15) is 46.6 Å². The van der Waals surface area contributed by atoms with E-state index < -0.39 is 10.0 Å². The molecule has 32 heavy (non-hydrogen) atoms. The maximum atomic E-state index is 12.8. The Morgan fingerprint density at radius 1 is 0.969 bits per heavy atom. The number of piperidine rings is 1. The van der Waals surface area contributed by atoms with Crippen molar-refractivity contribution in [2.75, 3.05) is 13.1 Å². The molecule has 1 aromatic heterocycles. The van der Waals surface area contributed by atoms with Gasteiger partial charge in [-0.15, -0.1) is 0 Å². The maximum absolute atomic E-state index is 12.8. The van der Waals surface area contributed by atoms with Gasteiger partial charge in [-0.2, -0.15) is 9.40 Å². The largest absolute Gasteiger partial charge is 0.348 e. The molecule has 1 amide bonds. The predicted molar refractivity (Wildman–Crippen MR) is 123 cm³/mol. The van der Waals surface area contributed by atoms with Gasteiger partial charge in [0.25, 0.3) is 5.91 Å². The van der Waals surface area contributed by atoms with Gasteiger partial charge in [-0.05, 0) is 74.7 Å². The van der Waals surface area contributed by atoms with Gasteiger partial charge in [0.15, 0.2) is 0 Å². The lowest BCUT2D eigenvalue weighted by atomic mass is 10.1. The maximum Gasteiger partial charge on any atom is 0.251 e. The first kappa shape index (κ1) is 22.2. The summed E-state index contributed by atoms with van der Waals surface area (Å²) < 4.78 is 28.9. The third-order valence-corrected chi connectivity index (χ3v) is 7.63. The summed E-state index contributed by atoms with van der Waals surface area (Å²) in [4.78, 5) is 12.8. The highest BCUT2D eigenvalue weighted by molar-refractivity contribution is 7.89. The molecule has 0 bridgehead atoms. The van der Waals surface area contributed by atoms with Crippen LogP contribution in [0, 0.1) is 13.8 Å². The van der Waals surface area contributed by atoms with Gasteiger partial charge in [0.2, 0.25) is 10.0 Å². The third kappa shape index (κ3) is 4.76. The minimum atomic E-state index is -3.44. The van der Waals surface area contributed by atoms with Crippen LogP contribution in [0.4, 0.5) is 0 Å². The number of rotatable bonds is 6. The van der Waals surface area contributed by atoms with Gasteiger partial charge in [-0.3, -0.25) is 4.79 Å². The van der Waals surface area contributed by atoms with Crippen LogP contribution in [0.5, 0.6) is 0 Å². The van der Waals surface area contributed by atoms with Gasteiger partial charge in [-0.25, -0.2) is 13.1 Å². The molecular formula is C24H28N4O3S. The van der Waals surface area contributed by atoms with Crippen LogP contribution < -0.4 is 5.32 Å². The van der Waals surface area contributed by atoms with E-state index in [1.807, 2.05) is 36.7 Å². The molecule has 1 saturated heterocycles. The number of aryl methyl sites for hydroxylation is 2. The number of hydrogen-bond donors (Lipinski definition) is 1. The number of carbonyl (C=O) groups excluding carboxylic acids is 1. The lowest BCUT2D eigenvalue weighted by Crippen LogP contribution is -2.35. The van der Waals surface area contributed by atoms with Crippen molar-refractivity contribution in [2.24, 2.45) is 0 Å². The molecule has 1 N–H and O–H groups in total. The van der Waals surface area contributed by atoms with Crippen LogP contribution in [-0.2, 0) is 16.6 Å². The smallest absolute Gasteiger partial charge is 0.251 e. The summed E-state index contributed by atoms with van der Waals surface area (Å²) in [5.41, 5.74) is 4.27. The Labute approximate surface area is 189 Å². The fourth-order valence-corrected chi connectivity index (χ4v) is 5.48. The third-order valence-electron chi connectivity index (χ3n) is 5.71. The predicted octanol–water partition coefficient (Wildman–Crippen LogP) is 3.59. The van der Waals surface area contributed by atoms with E-state index in [1.165, 1.54) is 0 Å². The number of nitrogens with one attached hydrogen (secondary N) is 1. The second kappa shape index (κ2) is 9.26. The van der Waals surface area contributed by atoms with Crippen molar-refractivity contribution in [3.05, 3.63) is 77.1 Å². The second-order valence-electron chi connectivity index (χ2n) is 8.18. The van der Waals surface area contributed by atoms with Crippen molar-refractivity contribution in [2.45, 2.75) is 44.6 Å². The van der Waals surface area contributed by atoms with Crippen molar-refractivity contribution in [3.63, 3.8) is 0 Å². The Morgan fingerprint density at radius 2 is 1.62 bits per heavy atom. The molecule has 3 aromatic rings. The Balaban J connectivity index is 1.37. The minimum absolute atomic E-state index is 0.185. The average molecular weight is 453 g/mol. The standard InChI is InChI=1S/C24H28N4O3S/c1-18-16-19(2)28(26-18)22-10-8-21(9-11-22)24(29)25-17-20-6-12-23(13-7-20)32(30,31)27-14-4-3-5-15-27/h6-13,16H,3-5,14-15,17H2,1-2H3,(H,25,29). The normalized spacial score (nSPS) is 14.9. The molecule has 7 nitrogen and oxygen atoms in total. The van der Waals surface area contributed by atoms with Gasteiger partial charge in [0.05, 0.1) is 16.3 Å². The zero-order chi connectivity index (χ0) is 22.7. The molecule has 0 spiro atoms. The summed E-state index contributed by atoms with van der Waals surface area (Å²) in [6.07, 6.45) is 2.90. The number of nitrogens with zero attached hydrogens (tertiary/aromatic N) is 3. The van der Waals surface area contributed by atoms with E-state index in [0.29, 0.717) is 30.1 Å². The first-order valence-electron chi connectivity index (χ1n) is 10.9. The Kier molecular flexibility index (Phi) is 6.43. The van der Waals surface area contributed by atoms with Crippen LogP contribution >= 0.6 is 0 Å².